The van der Waals surface area contributed by atoms with Crippen molar-refractivity contribution in [3.05, 3.63) is 59.8 Å². The van der Waals surface area contributed by atoms with Crippen molar-refractivity contribution in [3.63, 3.8) is 0 Å². The van der Waals surface area contributed by atoms with Crippen molar-refractivity contribution in [1.29, 1.82) is 0 Å². The standard InChI is InChI=1S/C26H32N6O3/c1-3-23(33)32-12-10-31(11-13-32)22(14-18-4-5-18)20-8-6-19(7-9-20)15-27-25-28-16-21-17-35-26(34)30(2)24(21)29-25/h3,6-9,16,18,22H,1,4-5,10-15,17H2,2H3,(H,27,28,29). The number of nitrogens with one attached hydrogen (secondary N) is 1. The predicted octanol–water partition coefficient (Wildman–Crippen LogP) is 3.35. The van der Waals surface area contributed by atoms with Crippen LogP contribution in [0.5, 0.6) is 0 Å². The third-order valence-electron chi connectivity index (χ3n) is 7.09. The van der Waals surface area contributed by atoms with Crippen LogP contribution in [0.1, 0.15) is 42.0 Å². The normalized spacial score (nSPS) is 19.1. The van der Waals surface area contributed by atoms with E-state index in [1.54, 1.807) is 13.2 Å². The molecule has 5 rings (SSSR count). The quantitative estimate of drug-likeness (QED) is 0.584. The molecular formula is C26H32N6O3. The molecule has 1 saturated carbocycles. The molecule has 1 N–H and O–H groups in total. The van der Waals surface area contributed by atoms with Crippen LogP contribution in [0.3, 0.4) is 0 Å². The zero-order chi connectivity index (χ0) is 24.4. The second-order valence-corrected chi connectivity index (χ2v) is 9.51. The monoisotopic (exact) mass is 476 g/mol. The summed E-state index contributed by atoms with van der Waals surface area (Å²) in [5.41, 5.74) is 3.25. The number of anilines is 2. The van der Waals surface area contributed by atoms with Gasteiger partial charge in [0.25, 0.3) is 0 Å². The smallest absolute Gasteiger partial charge is 0.415 e. The lowest BCUT2D eigenvalue weighted by Gasteiger charge is -2.39. The molecule has 9 heteroatoms. The first kappa shape index (κ1) is 23.3. The van der Waals surface area contributed by atoms with Crippen molar-refractivity contribution in [1.82, 2.24) is 19.8 Å². The van der Waals surface area contributed by atoms with Crippen LogP contribution < -0.4 is 10.2 Å². The van der Waals surface area contributed by atoms with Crippen LogP contribution in [-0.2, 0) is 22.7 Å². The minimum Gasteiger partial charge on any atom is -0.444 e. The molecule has 1 atom stereocenters. The van der Waals surface area contributed by atoms with E-state index in [0.717, 1.165) is 43.2 Å². The van der Waals surface area contributed by atoms with E-state index in [1.807, 2.05) is 4.90 Å². The molecule has 1 aliphatic carbocycles. The summed E-state index contributed by atoms with van der Waals surface area (Å²) in [5, 5.41) is 3.26. The van der Waals surface area contributed by atoms with Crippen LogP contribution in [0.2, 0.25) is 0 Å². The Bertz CT molecular complexity index is 1090. The molecule has 1 aromatic heterocycles. The fraction of sp³-hybridized carbons (Fsp3) is 0.462. The number of hydrogen-bond acceptors (Lipinski definition) is 7. The van der Waals surface area contributed by atoms with Gasteiger partial charge >= 0.3 is 6.09 Å². The maximum atomic E-state index is 12.0. The summed E-state index contributed by atoms with van der Waals surface area (Å²) in [6, 6.07) is 9.14. The minimum atomic E-state index is -0.410. The predicted molar refractivity (Wildman–Crippen MR) is 133 cm³/mol. The maximum Gasteiger partial charge on any atom is 0.415 e. The van der Waals surface area contributed by atoms with E-state index in [9.17, 15) is 9.59 Å². The number of fused-ring (bicyclic) bond motifs is 1. The molecule has 0 bridgehead atoms. The van der Waals surface area contributed by atoms with Gasteiger partial charge in [-0.05, 0) is 29.5 Å². The van der Waals surface area contributed by atoms with Gasteiger partial charge in [-0.25, -0.2) is 9.78 Å². The minimum absolute atomic E-state index is 0.0229. The van der Waals surface area contributed by atoms with Gasteiger partial charge in [0, 0.05) is 52.0 Å². The van der Waals surface area contributed by atoms with Gasteiger partial charge in [-0.1, -0.05) is 43.7 Å². The Kier molecular flexibility index (Phi) is 6.68. The van der Waals surface area contributed by atoms with Crippen molar-refractivity contribution < 1.29 is 14.3 Å². The largest absolute Gasteiger partial charge is 0.444 e. The van der Waals surface area contributed by atoms with E-state index in [4.69, 9.17) is 4.74 Å². The van der Waals surface area contributed by atoms with Gasteiger partial charge in [0.15, 0.2) is 0 Å². The highest BCUT2D eigenvalue weighted by molar-refractivity contribution is 5.88. The number of rotatable bonds is 8. The molecule has 0 spiro atoms. The zero-order valence-corrected chi connectivity index (χ0v) is 20.2. The van der Waals surface area contributed by atoms with Crippen molar-refractivity contribution in [3.8, 4) is 0 Å². The van der Waals surface area contributed by atoms with Crippen LogP contribution in [0.15, 0.2) is 43.1 Å². The molecule has 1 aromatic carbocycles. The first-order valence-corrected chi connectivity index (χ1v) is 12.3. The lowest BCUT2D eigenvalue weighted by atomic mass is 9.97. The highest BCUT2D eigenvalue weighted by Crippen LogP contribution is 2.40. The summed E-state index contributed by atoms with van der Waals surface area (Å²) in [6.45, 7) is 7.67. The van der Waals surface area contributed by atoms with E-state index in [-0.39, 0.29) is 12.5 Å². The molecule has 3 heterocycles. The molecule has 3 aliphatic rings. The summed E-state index contributed by atoms with van der Waals surface area (Å²) in [6.07, 6.45) is 6.51. The number of ether oxygens (including phenoxy) is 1. The average molecular weight is 477 g/mol. The van der Waals surface area contributed by atoms with Crippen molar-refractivity contribution in [2.75, 3.05) is 43.4 Å². The van der Waals surface area contributed by atoms with Crippen molar-refractivity contribution in [2.45, 2.75) is 38.5 Å². The Hall–Kier alpha value is -3.46. The molecule has 0 radical (unpaired) electrons. The molecule has 2 fully saturated rings. The number of nitrogens with zero attached hydrogens (tertiary/aromatic N) is 5. The first-order valence-electron chi connectivity index (χ1n) is 12.3. The number of cyclic esters (lactones) is 1. The summed E-state index contributed by atoms with van der Waals surface area (Å²) in [5.74, 6) is 1.89. The highest BCUT2D eigenvalue weighted by atomic mass is 16.6. The Morgan fingerprint density at radius 3 is 2.66 bits per heavy atom. The molecule has 2 amide bonds. The van der Waals surface area contributed by atoms with Gasteiger partial charge in [0.1, 0.15) is 12.4 Å². The molecule has 184 valence electrons. The second kappa shape index (κ2) is 10.0. The molecule has 1 unspecified atom stereocenters. The van der Waals surface area contributed by atoms with Crippen LogP contribution in [0, 0.1) is 5.92 Å². The number of carbonyl (C=O) groups excluding carboxylic acids is 2. The van der Waals surface area contributed by atoms with Crippen LogP contribution >= 0.6 is 0 Å². The van der Waals surface area contributed by atoms with E-state index in [1.165, 1.54) is 35.8 Å². The SMILES string of the molecule is C=CC(=O)N1CCN(C(CC2CC2)c2ccc(CNc3ncc4c(n3)N(C)C(=O)OC4)cc2)CC1. The first-order chi connectivity index (χ1) is 17.0. The number of piperazine rings is 1. The number of aromatic nitrogens is 2. The van der Waals surface area contributed by atoms with E-state index in [0.29, 0.717) is 24.4 Å². The van der Waals surface area contributed by atoms with E-state index < -0.39 is 6.09 Å². The topological polar surface area (TPSA) is 90.9 Å². The second-order valence-electron chi connectivity index (χ2n) is 9.51. The molecular weight excluding hydrogens is 444 g/mol. The summed E-state index contributed by atoms with van der Waals surface area (Å²) in [7, 11) is 1.64. The molecule has 35 heavy (non-hydrogen) atoms. The average Bonchev–Trinajstić information content (AvgIpc) is 3.73. The van der Waals surface area contributed by atoms with Crippen LogP contribution in [0.25, 0.3) is 0 Å². The van der Waals surface area contributed by atoms with Gasteiger partial charge in [-0.15, -0.1) is 0 Å². The molecule has 2 aliphatic heterocycles. The van der Waals surface area contributed by atoms with Crippen molar-refractivity contribution >= 4 is 23.8 Å². The summed E-state index contributed by atoms with van der Waals surface area (Å²) < 4.78 is 5.07. The van der Waals surface area contributed by atoms with Gasteiger partial charge in [0.05, 0.1) is 5.56 Å². The Morgan fingerprint density at radius 1 is 1.23 bits per heavy atom. The van der Waals surface area contributed by atoms with E-state index >= 15 is 0 Å². The summed E-state index contributed by atoms with van der Waals surface area (Å²) >= 11 is 0. The fourth-order valence-corrected chi connectivity index (χ4v) is 4.79. The maximum absolute atomic E-state index is 12.0. The Morgan fingerprint density at radius 2 is 1.97 bits per heavy atom. The lowest BCUT2D eigenvalue weighted by Crippen LogP contribution is -2.49. The van der Waals surface area contributed by atoms with Crippen LogP contribution in [-0.4, -0.2) is 65.0 Å². The number of carbonyl (C=O) groups is 2. The van der Waals surface area contributed by atoms with Gasteiger partial charge in [0.2, 0.25) is 11.9 Å². The van der Waals surface area contributed by atoms with Gasteiger partial charge in [-0.2, -0.15) is 4.98 Å². The van der Waals surface area contributed by atoms with Gasteiger partial charge < -0.3 is 15.0 Å². The number of benzene rings is 1. The zero-order valence-electron chi connectivity index (χ0n) is 20.2. The lowest BCUT2D eigenvalue weighted by molar-refractivity contribution is -0.128. The Balaban J connectivity index is 1.22. The van der Waals surface area contributed by atoms with Crippen molar-refractivity contribution in [2.24, 2.45) is 5.92 Å². The molecule has 1 saturated heterocycles. The third-order valence-corrected chi connectivity index (χ3v) is 7.09. The molecule has 2 aromatic rings. The number of hydrogen-bond donors (Lipinski definition) is 1. The number of amides is 2. The summed E-state index contributed by atoms with van der Waals surface area (Å²) in [4.78, 5) is 38.4. The Labute approximate surface area is 205 Å². The van der Waals surface area contributed by atoms with Gasteiger partial charge in [-0.3, -0.25) is 14.6 Å². The third kappa shape index (κ3) is 5.30. The van der Waals surface area contributed by atoms with Crippen LogP contribution in [0.4, 0.5) is 16.6 Å². The molecule has 9 nitrogen and oxygen atoms in total. The fourth-order valence-electron chi connectivity index (χ4n) is 4.79. The van der Waals surface area contributed by atoms with E-state index in [2.05, 4.69) is 51.0 Å². The highest BCUT2D eigenvalue weighted by Gasteiger charge is 2.32.